The molecule has 12 nitrogen and oxygen atoms in total. The standard InChI is InChI=1S/C30H37N7O5/c1-2-3-4-5-6-7-8-9-10-27(38)26-20-19-25-28(36(26)33-22-13-17-24(18-14-22)37(41)42)30(40)35(29(25)39)23-15-11-21(12-16-23)32-34-31/h11-20,25-28,33,38H,2-10H2,1H3/t25?,26?,27-,28-/m0/s1. The Kier molecular flexibility index (Phi) is 10.7. The molecule has 2 amide bonds. The van der Waals surface area contributed by atoms with Gasteiger partial charge in [-0.3, -0.25) is 19.7 Å². The molecule has 0 aliphatic carbocycles. The van der Waals surface area contributed by atoms with Crippen molar-refractivity contribution >= 4 is 34.6 Å². The predicted molar refractivity (Wildman–Crippen MR) is 160 cm³/mol. The number of hydrogen-bond acceptors (Lipinski definition) is 8. The van der Waals surface area contributed by atoms with Crippen LogP contribution in [-0.2, 0) is 9.59 Å². The second kappa shape index (κ2) is 14.6. The number of rotatable bonds is 15. The fraction of sp³-hybridized carbons (Fsp3) is 0.467. The SMILES string of the molecule is CCCCCCCCCC[C@H](O)C1C=CC2C(=O)N(c3ccc(N=[N+]=[N-])cc3)C(=O)[C@H]2N1Nc1ccc([N+](=O)[O-])cc1. The van der Waals surface area contributed by atoms with Crippen LogP contribution < -0.4 is 10.3 Å². The summed E-state index contributed by atoms with van der Waals surface area (Å²) >= 11 is 0. The lowest BCUT2D eigenvalue weighted by molar-refractivity contribution is -0.384. The lowest BCUT2D eigenvalue weighted by Gasteiger charge is -2.40. The number of aliphatic hydroxyl groups excluding tert-OH is 1. The van der Waals surface area contributed by atoms with Crippen molar-refractivity contribution in [1.82, 2.24) is 5.01 Å². The predicted octanol–water partition coefficient (Wildman–Crippen LogP) is 6.55. The zero-order valence-electron chi connectivity index (χ0n) is 23.7. The number of benzene rings is 2. The van der Waals surface area contributed by atoms with Crippen LogP contribution in [0.4, 0.5) is 22.7 Å². The van der Waals surface area contributed by atoms with E-state index in [4.69, 9.17) is 5.53 Å². The molecule has 2 aromatic rings. The fourth-order valence-electron chi connectivity index (χ4n) is 5.57. The second-order valence-corrected chi connectivity index (χ2v) is 10.7. The number of non-ortho nitro benzene ring substituents is 1. The number of carbonyl (C=O) groups excluding carboxylic acids is 2. The van der Waals surface area contributed by atoms with Gasteiger partial charge in [-0.25, -0.2) is 9.91 Å². The summed E-state index contributed by atoms with van der Waals surface area (Å²) in [5.41, 5.74) is 12.9. The molecule has 2 heterocycles. The smallest absolute Gasteiger partial charge is 0.269 e. The maximum absolute atomic E-state index is 13.8. The van der Waals surface area contributed by atoms with E-state index in [1.807, 2.05) is 0 Å². The highest BCUT2D eigenvalue weighted by atomic mass is 16.6. The van der Waals surface area contributed by atoms with Crippen LogP contribution >= 0.6 is 0 Å². The van der Waals surface area contributed by atoms with Crippen LogP contribution in [-0.4, -0.2) is 45.0 Å². The van der Waals surface area contributed by atoms with Crippen molar-refractivity contribution in [2.24, 2.45) is 11.0 Å². The van der Waals surface area contributed by atoms with Gasteiger partial charge in [0.05, 0.1) is 28.7 Å². The van der Waals surface area contributed by atoms with Gasteiger partial charge in [0.15, 0.2) is 0 Å². The summed E-state index contributed by atoms with van der Waals surface area (Å²) in [6.45, 7) is 2.19. The Morgan fingerprint density at radius 2 is 1.62 bits per heavy atom. The van der Waals surface area contributed by atoms with Gasteiger partial charge in [0, 0.05) is 28.4 Å². The molecule has 0 aromatic heterocycles. The van der Waals surface area contributed by atoms with Gasteiger partial charge < -0.3 is 10.5 Å². The first-order valence-electron chi connectivity index (χ1n) is 14.5. The molecule has 2 aliphatic rings. The van der Waals surface area contributed by atoms with E-state index in [0.717, 1.165) is 24.2 Å². The first-order chi connectivity index (χ1) is 20.3. The summed E-state index contributed by atoms with van der Waals surface area (Å²) < 4.78 is 0. The van der Waals surface area contributed by atoms with Crippen LogP contribution in [0.5, 0.6) is 0 Å². The van der Waals surface area contributed by atoms with Crippen molar-refractivity contribution in [2.45, 2.75) is 82.9 Å². The number of anilines is 2. The number of azide groups is 1. The minimum Gasteiger partial charge on any atom is -0.391 e. The topological polar surface area (TPSA) is 165 Å². The number of nitrogens with one attached hydrogen (secondary N) is 1. The number of hydrogen-bond donors (Lipinski definition) is 2. The van der Waals surface area contributed by atoms with E-state index in [0.29, 0.717) is 23.5 Å². The Balaban J connectivity index is 1.53. The van der Waals surface area contributed by atoms with Gasteiger partial charge in [0.1, 0.15) is 6.04 Å². The summed E-state index contributed by atoms with van der Waals surface area (Å²) in [7, 11) is 0. The number of nitro groups is 1. The first kappa shape index (κ1) is 30.7. The third-order valence-electron chi connectivity index (χ3n) is 7.81. The minimum absolute atomic E-state index is 0.0780. The largest absolute Gasteiger partial charge is 0.391 e. The van der Waals surface area contributed by atoms with Crippen molar-refractivity contribution in [3.63, 3.8) is 0 Å². The van der Waals surface area contributed by atoms with Gasteiger partial charge in [-0.2, -0.15) is 0 Å². The molecule has 2 unspecified atom stereocenters. The number of fused-ring (bicyclic) bond motifs is 1. The Morgan fingerprint density at radius 3 is 2.24 bits per heavy atom. The first-order valence-corrected chi connectivity index (χ1v) is 14.5. The number of carbonyl (C=O) groups is 2. The number of amides is 2. The monoisotopic (exact) mass is 575 g/mol. The molecule has 1 saturated heterocycles. The van der Waals surface area contributed by atoms with Crippen molar-refractivity contribution in [3.8, 4) is 0 Å². The minimum atomic E-state index is -0.951. The maximum Gasteiger partial charge on any atom is 0.269 e. The van der Waals surface area contributed by atoms with Crippen molar-refractivity contribution < 1.29 is 19.6 Å². The lowest BCUT2D eigenvalue weighted by Crippen LogP contribution is -2.57. The molecule has 4 atom stereocenters. The quantitative estimate of drug-likeness (QED) is 0.0355. The average molecular weight is 576 g/mol. The van der Waals surface area contributed by atoms with Crippen molar-refractivity contribution in [1.29, 1.82) is 0 Å². The molecule has 12 heteroatoms. The maximum atomic E-state index is 13.8. The Morgan fingerprint density at radius 1 is 0.976 bits per heavy atom. The molecule has 2 N–H and O–H groups in total. The summed E-state index contributed by atoms with van der Waals surface area (Å²) in [5.74, 6) is -1.68. The van der Waals surface area contributed by atoms with E-state index >= 15 is 0 Å². The molecule has 0 radical (unpaired) electrons. The van der Waals surface area contributed by atoms with Gasteiger partial charge in [-0.05, 0) is 36.2 Å². The van der Waals surface area contributed by atoms with Crippen LogP contribution in [0.1, 0.15) is 64.7 Å². The zero-order valence-corrected chi connectivity index (χ0v) is 23.7. The van der Waals surface area contributed by atoms with Crippen LogP contribution in [0.3, 0.4) is 0 Å². The van der Waals surface area contributed by atoms with Crippen LogP contribution in [0, 0.1) is 16.0 Å². The van der Waals surface area contributed by atoms with Crippen LogP contribution in [0.15, 0.2) is 65.8 Å². The van der Waals surface area contributed by atoms with E-state index in [1.54, 1.807) is 29.3 Å². The number of nitro benzene ring substituents is 1. The van der Waals surface area contributed by atoms with E-state index in [9.17, 15) is 24.8 Å². The average Bonchev–Trinajstić information content (AvgIpc) is 3.25. The van der Waals surface area contributed by atoms with E-state index in [-0.39, 0.29) is 5.69 Å². The fourth-order valence-corrected chi connectivity index (χ4v) is 5.57. The van der Waals surface area contributed by atoms with Gasteiger partial charge in [0.25, 0.3) is 11.6 Å². The number of aliphatic hydroxyl groups is 1. The summed E-state index contributed by atoms with van der Waals surface area (Å²) in [4.78, 5) is 41.8. The second-order valence-electron chi connectivity index (χ2n) is 10.7. The molecule has 0 bridgehead atoms. The molecule has 0 saturated carbocycles. The number of unbranched alkanes of at least 4 members (excludes halogenated alkanes) is 7. The molecule has 2 aliphatic heterocycles. The molecular weight excluding hydrogens is 538 g/mol. The highest BCUT2D eigenvalue weighted by Crippen LogP contribution is 2.37. The number of hydrazine groups is 1. The number of nitrogens with zero attached hydrogens (tertiary/aromatic N) is 6. The molecule has 2 aromatic carbocycles. The molecule has 42 heavy (non-hydrogen) atoms. The van der Waals surface area contributed by atoms with Gasteiger partial charge in [0.2, 0.25) is 5.91 Å². The summed E-state index contributed by atoms with van der Waals surface area (Å²) in [5, 5.41) is 27.6. The van der Waals surface area contributed by atoms with E-state index in [2.05, 4.69) is 22.4 Å². The Labute approximate surface area is 244 Å². The van der Waals surface area contributed by atoms with Gasteiger partial charge >= 0.3 is 0 Å². The zero-order chi connectivity index (χ0) is 30.1. The Hall–Kier alpha value is -4.25. The Bertz CT molecular complexity index is 1320. The lowest BCUT2D eigenvalue weighted by atomic mass is 9.91. The normalized spacial score (nSPS) is 20.7. The third kappa shape index (κ3) is 7.14. The van der Waals surface area contributed by atoms with Gasteiger partial charge in [-0.1, -0.05) is 87.7 Å². The summed E-state index contributed by atoms with van der Waals surface area (Å²) in [6, 6.07) is 10.3. The molecule has 0 spiro atoms. The van der Waals surface area contributed by atoms with Crippen molar-refractivity contribution in [3.05, 3.63) is 81.2 Å². The molecule has 222 valence electrons. The highest BCUT2D eigenvalue weighted by molar-refractivity contribution is 6.24. The third-order valence-corrected chi connectivity index (χ3v) is 7.81. The summed E-state index contributed by atoms with van der Waals surface area (Å²) in [6.07, 6.45) is 12.2. The molecule has 1 fully saturated rings. The number of imide groups is 1. The highest BCUT2D eigenvalue weighted by Gasteiger charge is 2.54. The van der Waals surface area contributed by atoms with E-state index in [1.165, 1.54) is 68.5 Å². The van der Waals surface area contributed by atoms with Crippen LogP contribution in [0.2, 0.25) is 0 Å². The van der Waals surface area contributed by atoms with Crippen molar-refractivity contribution in [2.75, 3.05) is 10.3 Å². The van der Waals surface area contributed by atoms with Gasteiger partial charge in [-0.15, -0.1) is 0 Å². The van der Waals surface area contributed by atoms with E-state index < -0.39 is 40.8 Å². The molecular formula is C30H37N7O5. The molecule has 4 rings (SSSR count). The van der Waals surface area contributed by atoms with Crippen LogP contribution in [0.25, 0.3) is 10.4 Å².